The van der Waals surface area contributed by atoms with Gasteiger partial charge in [0.15, 0.2) is 5.82 Å². The number of rotatable bonds is 8. The van der Waals surface area contributed by atoms with E-state index in [9.17, 15) is 15.2 Å². The summed E-state index contributed by atoms with van der Waals surface area (Å²) in [5.41, 5.74) is 3.20. The van der Waals surface area contributed by atoms with Gasteiger partial charge in [-0.1, -0.05) is 6.92 Å². The van der Waals surface area contributed by atoms with Gasteiger partial charge >= 0.3 is 0 Å². The number of amides is 1. The van der Waals surface area contributed by atoms with Crippen molar-refractivity contribution < 1.29 is 19.4 Å². The summed E-state index contributed by atoms with van der Waals surface area (Å²) < 4.78 is 11.5. The molecule has 0 bridgehead atoms. The van der Waals surface area contributed by atoms with E-state index in [0.29, 0.717) is 47.7 Å². The zero-order chi connectivity index (χ0) is 29.1. The van der Waals surface area contributed by atoms with Crippen LogP contribution < -0.4 is 15.0 Å². The third-order valence-electron chi connectivity index (χ3n) is 8.28. The second kappa shape index (κ2) is 12.3. The van der Waals surface area contributed by atoms with Crippen molar-refractivity contribution in [3.05, 3.63) is 60.3 Å². The Labute approximate surface area is 245 Å². The number of hydrogen-bond acceptors (Lipinski definition) is 10. The smallest absolute Gasteiger partial charge is 0.248 e. The number of carbonyl (C=O) groups excluding carboxylic acids is 1. The largest absolute Gasteiger partial charge is 0.487 e. The molecule has 3 aliphatic rings. The minimum absolute atomic E-state index is 0.0737. The standard InChI is InChI=1S/C31H35N7O4/c1-21-16-38(30(40)18-39)17-28(21)42-27-7-2-22(14-23(27)15-32)31-33-9-8-29(35-31)34-24-3-5-25(6-4-24)36-10-12-37(13-11-36)26-19-41-20-26/h2-9,14,21,26,28,39H,10-13,16-20H2,1H3,(H,33,34,35)/t21-,28?/m0/s1. The number of nitrogens with zero attached hydrogens (tertiary/aromatic N) is 6. The van der Waals surface area contributed by atoms with Gasteiger partial charge in [-0.05, 0) is 48.5 Å². The molecule has 2 N–H and O–H groups in total. The molecular weight excluding hydrogens is 534 g/mol. The van der Waals surface area contributed by atoms with Crippen LogP contribution in [0, 0.1) is 17.2 Å². The van der Waals surface area contributed by atoms with E-state index in [0.717, 1.165) is 45.1 Å². The van der Waals surface area contributed by atoms with Crippen molar-refractivity contribution in [1.29, 1.82) is 5.26 Å². The fourth-order valence-corrected chi connectivity index (χ4v) is 5.67. The van der Waals surface area contributed by atoms with Gasteiger partial charge in [-0.25, -0.2) is 9.97 Å². The maximum Gasteiger partial charge on any atom is 0.248 e. The molecule has 218 valence electrons. The number of piperazine rings is 1. The summed E-state index contributed by atoms with van der Waals surface area (Å²) in [7, 11) is 0. The zero-order valence-corrected chi connectivity index (χ0v) is 23.6. The molecule has 4 heterocycles. The van der Waals surface area contributed by atoms with Crippen molar-refractivity contribution in [2.24, 2.45) is 5.92 Å². The summed E-state index contributed by atoms with van der Waals surface area (Å²) >= 11 is 0. The highest BCUT2D eigenvalue weighted by atomic mass is 16.5. The monoisotopic (exact) mass is 569 g/mol. The molecule has 11 heteroatoms. The fourth-order valence-electron chi connectivity index (χ4n) is 5.67. The number of nitriles is 1. The topological polar surface area (TPSA) is 127 Å². The number of likely N-dealkylation sites (tertiary alicyclic amines) is 1. The molecule has 0 radical (unpaired) electrons. The molecular formula is C31H35N7O4. The van der Waals surface area contributed by atoms with Crippen LogP contribution in [0.1, 0.15) is 12.5 Å². The molecule has 3 aliphatic heterocycles. The number of aromatic nitrogens is 2. The summed E-state index contributed by atoms with van der Waals surface area (Å²) in [4.78, 5) is 27.5. The lowest BCUT2D eigenvalue weighted by atomic mass is 10.1. The molecule has 42 heavy (non-hydrogen) atoms. The first-order chi connectivity index (χ1) is 20.5. The first-order valence-corrected chi connectivity index (χ1v) is 14.4. The zero-order valence-electron chi connectivity index (χ0n) is 23.6. The molecule has 1 unspecified atom stereocenters. The molecule has 1 aromatic heterocycles. The maximum atomic E-state index is 11.9. The molecule has 1 amide bonds. The third-order valence-corrected chi connectivity index (χ3v) is 8.28. The summed E-state index contributed by atoms with van der Waals surface area (Å²) in [6.45, 7) is 8.20. The summed E-state index contributed by atoms with van der Waals surface area (Å²) in [6.07, 6.45) is 1.43. The second-order valence-corrected chi connectivity index (χ2v) is 11.1. The number of anilines is 3. The number of aliphatic hydroxyl groups excluding tert-OH is 1. The molecule has 3 saturated heterocycles. The van der Waals surface area contributed by atoms with Crippen LogP contribution in [0.2, 0.25) is 0 Å². The number of ether oxygens (including phenoxy) is 2. The van der Waals surface area contributed by atoms with Crippen molar-refractivity contribution in [2.45, 2.75) is 19.1 Å². The molecule has 6 rings (SSSR count). The van der Waals surface area contributed by atoms with Crippen LogP contribution in [0.5, 0.6) is 5.75 Å². The van der Waals surface area contributed by atoms with E-state index < -0.39 is 6.61 Å². The van der Waals surface area contributed by atoms with Gasteiger partial charge in [-0.15, -0.1) is 0 Å². The Morgan fingerprint density at radius 2 is 1.90 bits per heavy atom. The second-order valence-electron chi connectivity index (χ2n) is 11.1. The Morgan fingerprint density at radius 1 is 1.12 bits per heavy atom. The van der Waals surface area contributed by atoms with E-state index in [1.165, 1.54) is 5.69 Å². The molecule has 0 saturated carbocycles. The Morgan fingerprint density at radius 3 is 2.60 bits per heavy atom. The highest BCUT2D eigenvalue weighted by molar-refractivity contribution is 5.77. The normalized spacial score (nSPS) is 21.1. The molecule has 0 spiro atoms. The van der Waals surface area contributed by atoms with E-state index in [2.05, 4.69) is 55.4 Å². The summed E-state index contributed by atoms with van der Waals surface area (Å²) in [6, 6.07) is 18.3. The number of nitrogens with one attached hydrogen (secondary N) is 1. The van der Waals surface area contributed by atoms with Crippen LogP contribution in [-0.4, -0.2) is 102 Å². The van der Waals surface area contributed by atoms with Crippen LogP contribution >= 0.6 is 0 Å². The molecule has 11 nitrogen and oxygen atoms in total. The van der Waals surface area contributed by atoms with Crippen molar-refractivity contribution in [3.8, 4) is 23.2 Å². The molecule has 2 atom stereocenters. The summed E-state index contributed by atoms with van der Waals surface area (Å²) in [5, 5.41) is 22.4. The van der Waals surface area contributed by atoms with Crippen molar-refractivity contribution in [1.82, 2.24) is 19.8 Å². The average Bonchev–Trinajstić information content (AvgIpc) is 3.36. The van der Waals surface area contributed by atoms with Crippen LogP contribution in [0.4, 0.5) is 17.2 Å². The number of benzene rings is 2. The lowest BCUT2D eigenvalue weighted by Crippen LogP contribution is -2.56. The van der Waals surface area contributed by atoms with E-state index in [4.69, 9.17) is 9.47 Å². The van der Waals surface area contributed by atoms with Crippen LogP contribution in [-0.2, 0) is 9.53 Å². The van der Waals surface area contributed by atoms with Gasteiger partial charge in [-0.3, -0.25) is 9.69 Å². The molecule has 3 aromatic rings. The number of hydrogen-bond donors (Lipinski definition) is 2. The lowest BCUT2D eigenvalue weighted by molar-refractivity contribution is -0.133. The van der Waals surface area contributed by atoms with Crippen molar-refractivity contribution in [3.63, 3.8) is 0 Å². The van der Waals surface area contributed by atoms with Gasteiger partial charge in [-0.2, -0.15) is 5.26 Å². The Hall–Kier alpha value is -4.24. The van der Waals surface area contributed by atoms with Gasteiger partial charge in [0.25, 0.3) is 0 Å². The van der Waals surface area contributed by atoms with E-state index in [1.54, 1.807) is 23.2 Å². The first-order valence-electron chi connectivity index (χ1n) is 14.4. The number of carbonyl (C=O) groups is 1. The van der Waals surface area contributed by atoms with Gasteiger partial charge in [0.1, 0.15) is 30.3 Å². The number of aliphatic hydroxyl groups is 1. The van der Waals surface area contributed by atoms with E-state index >= 15 is 0 Å². The highest BCUT2D eigenvalue weighted by Gasteiger charge is 2.34. The fraction of sp³-hybridized carbons (Fsp3) is 0.419. The van der Waals surface area contributed by atoms with Gasteiger partial charge in [0.2, 0.25) is 5.91 Å². The third kappa shape index (κ3) is 6.01. The van der Waals surface area contributed by atoms with Gasteiger partial charge in [0, 0.05) is 61.8 Å². The summed E-state index contributed by atoms with van der Waals surface area (Å²) in [5.74, 6) is 1.34. The predicted molar refractivity (Wildman–Crippen MR) is 158 cm³/mol. The minimum atomic E-state index is -0.522. The Balaban J connectivity index is 1.09. The molecule has 3 fully saturated rings. The lowest BCUT2D eigenvalue weighted by Gasteiger charge is -2.43. The highest BCUT2D eigenvalue weighted by Crippen LogP contribution is 2.29. The first kappa shape index (κ1) is 27.9. The van der Waals surface area contributed by atoms with Gasteiger partial charge < -0.3 is 29.7 Å². The quantitative estimate of drug-likeness (QED) is 0.418. The van der Waals surface area contributed by atoms with Crippen LogP contribution in [0.15, 0.2) is 54.7 Å². The van der Waals surface area contributed by atoms with Crippen LogP contribution in [0.3, 0.4) is 0 Å². The SMILES string of the molecule is C[C@H]1CN(C(=O)CO)CC1Oc1ccc(-c2nccc(Nc3ccc(N4CCN(C5COC5)CC4)cc3)n2)cc1C#N. The average molecular weight is 570 g/mol. The van der Waals surface area contributed by atoms with Crippen molar-refractivity contribution >= 4 is 23.1 Å². The maximum absolute atomic E-state index is 11.9. The predicted octanol–water partition coefficient (Wildman–Crippen LogP) is 2.50. The van der Waals surface area contributed by atoms with Gasteiger partial charge in [0.05, 0.1) is 31.4 Å². The Kier molecular flexibility index (Phi) is 8.19. The van der Waals surface area contributed by atoms with Crippen LogP contribution in [0.25, 0.3) is 11.4 Å². The van der Waals surface area contributed by atoms with Crippen molar-refractivity contribution in [2.75, 3.05) is 69.3 Å². The molecule has 2 aromatic carbocycles. The van der Waals surface area contributed by atoms with E-state index in [-0.39, 0.29) is 17.9 Å². The Bertz CT molecular complexity index is 1450. The minimum Gasteiger partial charge on any atom is -0.487 e. The molecule has 0 aliphatic carbocycles. The van der Waals surface area contributed by atoms with E-state index in [1.807, 2.05) is 19.1 Å².